The first-order chi connectivity index (χ1) is 8.70. The van der Waals surface area contributed by atoms with Gasteiger partial charge in [-0.3, -0.25) is 4.79 Å². The quantitative estimate of drug-likeness (QED) is 0.746. The molecule has 0 aliphatic carbocycles. The van der Waals surface area contributed by atoms with Gasteiger partial charge in [0.1, 0.15) is 12.4 Å². The van der Waals surface area contributed by atoms with E-state index in [4.69, 9.17) is 4.74 Å². The Morgan fingerprint density at radius 2 is 2.17 bits per heavy atom. The number of halogens is 1. The van der Waals surface area contributed by atoms with Crippen molar-refractivity contribution in [3.8, 4) is 5.75 Å². The lowest BCUT2D eigenvalue weighted by molar-refractivity contribution is 0.0984. The molecule has 0 fully saturated rings. The molecular weight excluding hydrogens is 312 g/mol. The van der Waals surface area contributed by atoms with Crippen molar-refractivity contribution in [2.75, 3.05) is 0 Å². The number of benzene rings is 1. The number of ketones is 1. The van der Waals surface area contributed by atoms with Crippen molar-refractivity contribution < 1.29 is 9.53 Å². The number of hydrogen-bond donors (Lipinski definition) is 0. The Morgan fingerprint density at radius 3 is 2.83 bits per heavy atom. The van der Waals surface area contributed by atoms with Crippen LogP contribution in [-0.4, -0.2) is 5.78 Å². The van der Waals surface area contributed by atoms with Gasteiger partial charge in [0.15, 0.2) is 5.78 Å². The fourth-order valence-corrected chi connectivity index (χ4v) is 2.95. The Labute approximate surface area is 119 Å². The van der Waals surface area contributed by atoms with Crippen LogP contribution < -0.4 is 4.74 Å². The van der Waals surface area contributed by atoms with Gasteiger partial charge in [0.25, 0.3) is 0 Å². The van der Waals surface area contributed by atoms with E-state index in [0.717, 1.165) is 9.35 Å². The Balaban J connectivity index is 2.11. The maximum atomic E-state index is 11.8. The SMILES string of the molecule is CCC(=O)c1ccccc1OCc1cc(Br)cs1. The number of ether oxygens (including phenoxy) is 1. The largest absolute Gasteiger partial charge is 0.487 e. The first-order valence-corrected chi connectivity index (χ1v) is 7.36. The summed E-state index contributed by atoms with van der Waals surface area (Å²) in [5.41, 5.74) is 0.663. The summed E-state index contributed by atoms with van der Waals surface area (Å²) in [6.07, 6.45) is 0.491. The van der Waals surface area contributed by atoms with Gasteiger partial charge in [-0.15, -0.1) is 11.3 Å². The summed E-state index contributed by atoms with van der Waals surface area (Å²) in [5, 5.41) is 2.02. The zero-order valence-electron chi connectivity index (χ0n) is 9.98. The fourth-order valence-electron chi connectivity index (χ4n) is 1.59. The normalized spacial score (nSPS) is 10.3. The molecule has 0 bridgehead atoms. The standard InChI is InChI=1S/C14H13BrO2S/c1-2-13(16)12-5-3-4-6-14(12)17-8-11-7-10(15)9-18-11/h3-7,9H,2,8H2,1H3. The van der Waals surface area contributed by atoms with E-state index in [1.54, 1.807) is 11.3 Å². The number of thiophene rings is 1. The molecule has 0 spiro atoms. The minimum absolute atomic E-state index is 0.109. The van der Waals surface area contributed by atoms with E-state index in [0.29, 0.717) is 24.3 Å². The predicted molar refractivity (Wildman–Crippen MR) is 77.4 cm³/mol. The third-order valence-electron chi connectivity index (χ3n) is 2.50. The highest BCUT2D eigenvalue weighted by Gasteiger charge is 2.10. The summed E-state index contributed by atoms with van der Waals surface area (Å²) < 4.78 is 6.79. The van der Waals surface area contributed by atoms with E-state index in [9.17, 15) is 4.79 Å². The van der Waals surface area contributed by atoms with Crippen molar-refractivity contribution in [1.82, 2.24) is 0 Å². The molecule has 2 nitrogen and oxygen atoms in total. The van der Waals surface area contributed by atoms with Crippen molar-refractivity contribution in [3.63, 3.8) is 0 Å². The van der Waals surface area contributed by atoms with Gasteiger partial charge >= 0.3 is 0 Å². The molecule has 0 amide bonds. The second-order valence-electron chi connectivity index (χ2n) is 3.79. The minimum Gasteiger partial charge on any atom is -0.487 e. The van der Waals surface area contributed by atoms with Gasteiger partial charge in [-0.05, 0) is 34.1 Å². The molecule has 0 radical (unpaired) electrons. The summed E-state index contributed by atoms with van der Waals surface area (Å²) in [6, 6.07) is 9.41. The fraction of sp³-hybridized carbons (Fsp3) is 0.214. The highest BCUT2D eigenvalue weighted by molar-refractivity contribution is 9.10. The van der Waals surface area contributed by atoms with Crippen LogP contribution in [0.15, 0.2) is 40.2 Å². The van der Waals surface area contributed by atoms with Crippen LogP contribution in [0.4, 0.5) is 0 Å². The number of hydrogen-bond acceptors (Lipinski definition) is 3. The van der Waals surface area contributed by atoms with Gasteiger partial charge in [-0.2, -0.15) is 0 Å². The first-order valence-electron chi connectivity index (χ1n) is 5.68. The van der Waals surface area contributed by atoms with Crippen LogP contribution in [-0.2, 0) is 6.61 Å². The van der Waals surface area contributed by atoms with Gasteiger partial charge in [0.05, 0.1) is 5.56 Å². The maximum Gasteiger partial charge on any atom is 0.166 e. The topological polar surface area (TPSA) is 26.3 Å². The maximum absolute atomic E-state index is 11.8. The van der Waals surface area contributed by atoms with Gasteiger partial charge in [-0.1, -0.05) is 19.1 Å². The number of Topliss-reactive ketones (excluding diaryl/α,β-unsaturated/α-hetero) is 1. The molecule has 0 atom stereocenters. The number of carbonyl (C=O) groups excluding carboxylic acids is 1. The second kappa shape index (κ2) is 6.16. The minimum atomic E-state index is 0.109. The molecule has 94 valence electrons. The monoisotopic (exact) mass is 324 g/mol. The molecular formula is C14H13BrO2S. The molecule has 0 N–H and O–H groups in total. The van der Waals surface area contributed by atoms with Gasteiger partial charge < -0.3 is 4.74 Å². The van der Waals surface area contributed by atoms with Gasteiger partial charge in [-0.25, -0.2) is 0 Å². The van der Waals surface area contributed by atoms with Gasteiger partial charge in [0, 0.05) is 21.2 Å². The highest BCUT2D eigenvalue weighted by Crippen LogP contribution is 2.24. The van der Waals surface area contributed by atoms with Crippen molar-refractivity contribution in [2.24, 2.45) is 0 Å². The Kier molecular flexibility index (Phi) is 4.55. The summed E-state index contributed by atoms with van der Waals surface area (Å²) in [5.74, 6) is 0.770. The van der Waals surface area contributed by atoms with Crippen LogP contribution in [0.3, 0.4) is 0 Å². The Hall–Kier alpha value is -1.13. The van der Waals surface area contributed by atoms with E-state index in [-0.39, 0.29) is 5.78 Å². The number of para-hydroxylation sites is 1. The van der Waals surface area contributed by atoms with Crippen molar-refractivity contribution in [3.05, 3.63) is 50.6 Å². The molecule has 0 unspecified atom stereocenters. The van der Waals surface area contributed by atoms with E-state index in [2.05, 4.69) is 15.9 Å². The summed E-state index contributed by atoms with van der Waals surface area (Å²) in [4.78, 5) is 12.9. The lowest BCUT2D eigenvalue weighted by Gasteiger charge is -2.09. The third-order valence-corrected chi connectivity index (χ3v) is 4.17. The molecule has 0 saturated heterocycles. The highest BCUT2D eigenvalue weighted by atomic mass is 79.9. The second-order valence-corrected chi connectivity index (χ2v) is 5.70. The number of carbonyl (C=O) groups is 1. The molecule has 2 aromatic rings. The molecule has 1 heterocycles. The number of rotatable bonds is 5. The van der Waals surface area contributed by atoms with Crippen LogP contribution in [0.25, 0.3) is 0 Å². The van der Waals surface area contributed by atoms with E-state index >= 15 is 0 Å². The average Bonchev–Trinajstić information content (AvgIpc) is 2.81. The van der Waals surface area contributed by atoms with E-state index in [1.807, 2.05) is 42.6 Å². The van der Waals surface area contributed by atoms with Crippen molar-refractivity contribution in [1.29, 1.82) is 0 Å². The van der Waals surface area contributed by atoms with Crippen molar-refractivity contribution >= 4 is 33.0 Å². The Bertz CT molecular complexity index is 548. The lowest BCUT2D eigenvalue weighted by atomic mass is 10.1. The van der Waals surface area contributed by atoms with Gasteiger partial charge in [0.2, 0.25) is 0 Å². The van der Waals surface area contributed by atoms with Crippen LogP contribution in [0.2, 0.25) is 0 Å². The first kappa shape index (κ1) is 13.3. The summed E-state index contributed by atoms with van der Waals surface area (Å²) in [7, 11) is 0. The lowest BCUT2D eigenvalue weighted by Crippen LogP contribution is -2.02. The molecule has 4 heteroatoms. The molecule has 1 aromatic carbocycles. The molecule has 2 rings (SSSR count). The average molecular weight is 325 g/mol. The zero-order valence-corrected chi connectivity index (χ0v) is 12.4. The molecule has 1 aromatic heterocycles. The Morgan fingerprint density at radius 1 is 1.39 bits per heavy atom. The summed E-state index contributed by atoms with van der Waals surface area (Å²) in [6.45, 7) is 2.35. The van der Waals surface area contributed by atoms with Crippen LogP contribution >= 0.6 is 27.3 Å². The zero-order chi connectivity index (χ0) is 13.0. The molecule has 0 aliphatic heterocycles. The molecule has 0 saturated carbocycles. The molecule has 18 heavy (non-hydrogen) atoms. The van der Waals surface area contributed by atoms with E-state index < -0.39 is 0 Å². The molecule has 0 aliphatic rings. The third kappa shape index (κ3) is 3.21. The van der Waals surface area contributed by atoms with Crippen LogP contribution in [0.5, 0.6) is 5.75 Å². The van der Waals surface area contributed by atoms with Crippen LogP contribution in [0.1, 0.15) is 28.6 Å². The van der Waals surface area contributed by atoms with E-state index in [1.165, 1.54) is 0 Å². The van der Waals surface area contributed by atoms with Crippen molar-refractivity contribution in [2.45, 2.75) is 20.0 Å². The summed E-state index contributed by atoms with van der Waals surface area (Å²) >= 11 is 5.04. The smallest absolute Gasteiger partial charge is 0.166 e. The van der Waals surface area contributed by atoms with Crippen LogP contribution in [0, 0.1) is 0 Å². The predicted octanol–water partition coefficient (Wildman–Crippen LogP) is 4.68.